The molecule has 126 valence electrons. The zero-order chi connectivity index (χ0) is 17.1. The third-order valence-corrected chi connectivity index (χ3v) is 3.98. The number of nitrogens with zero attached hydrogens (tertiary/aromatic N) is 5. The van der Waals surface area contributed by atoms with Crippen molar-refractivity contribution in [3.63, 3.8) is 0 Å². The van der Waals surface area contributed by atoms with Crippen LogP contribution in [0.15, 0.2) is 36.7 Å². The van der Waals surface area contributed by atoms with E-state index in [4.69, 9.17) is 4.74 Å². The summed E-state index contributed by atoms with van der Waals surface area (Å²) in [5.41, 5.74) is 2.12. The Balaban J connectivity index is 1.81. The fraction of sp³-hybridized carbons (Fsp3) is 0.353. The number of ether oxygens (including phenoxy) is 1. The highest BCUT2D eigenvalue weighted by Gasteiger charge is 2.15. The van der Waals surface area contributed by atoms with Gasteiger partial charge in [-0.2, -0.15) is 14.6 Å². The summed E-state index contributed by atoms with van der Waals surface area (Å²) in [6.07, 6.45) is 1.51. The van der Waals surface area contributed by atoms with Gasteiger partial charge in [0.1, 0.15) is 17.9 Å². The van der Waals surface area contributed by atoms with Gasteiger partial charge in [-0.1, -0.05) is 12.1 Å². The molecule has 3 aromatic rings. The highest BCUT2D eigenvalue weighted by atomic mass is 16.5. The molecule has 0 bridgehead atoms. The van der Waals surface area contributed by atoms with Crippen LogP contribution in [-0.2, 0) is 0 Å². The number of fused-ring (bicyclic) bond motifs is 1. The van der Waals surface area contributed by atoms with E-state index in [2.05, 4.69) is 51.5 Å². The molecule has 0 aliphatic rings. The molecule has 3 rings (SSSR count). The molecule has 7 heteroatoms. The van der Waals surface area contributed by atoms with E-state index in [0.29, 0.717) is 5.78 Å². The van der Waals surface area contributed by atoms with Crippen molar-refractivity contribution in [1.29, 1.82) is 0 Å². The van der Waals surface area contributed by atoms with E-state index in [1.807, 2.05) is 25.1 Å². The number of likely N-dealkylation sites (N-methyl/N-ethyl adjacent to an activating group) is 1. The van der Waals surface area contributed by atoms with Gasteiger partial charge in [-0.3, -0.25) is 0 Å². The number of aromatic nitrogens is 4. The summed E-state index contributed by atoms with van der Waals surface area (Å²) in [4.78, 5) is 10.7. The van der Waals surface area contributed by atoms with Gasteiger partial charge in [0.15, 0.2) is 0 Å². The van der Waals surface area contributed by atoms with E-state index >= 15 is 0 Å². The van der Waals surface area contributed by atoms with Crippen molar-refractivity contribution in [1.82, 2.24) is 24.5 Å². The summed E-state index contributed by atoms with van der Waals surface area (Å²) in [7, 11) is 5.81. The zero-order valence-corrected chi connectivity index (χ0v) is 14.4. The van der Waals surface area contributed by atoms with Crippen LogP contribution in [0, 0.1) is 6.92 Å². The highest BCUT2D eigenvalue weighted by Crippen LogP contribution is 2.22. The maximum Gasteiger partial charge on any atom is 0.254 e. The lowest BCUT2D eigenvalue weighted by atomic mass is 10.1. The first kappa shape index (κ1) is 16.2. The Labute approximate surface area is 141 Å². The molecular formula is C17H22N6O. The lowest BCUT2D eigenvalue weighted by molar-refractivity contribution is 0.311. The lowest BCUT2D eigenvalue weighted by Gasteiger charge is -2.25. The molecule has 0 spiro atoms. The van der Waals surface area contributed by atoms with Crippen molar-refractivity contribution < 1.29 is 4.74 Å². The monoisotopic (exact) mass is 326 g/mol. The molecule has 0 saturated heterocycles. The van der Waals surface area contributed by atoms with Crippen LogP contribution >= 0.6 is 0 Å². The number of hydrogen-bond donors (Lipinski definition) is 1. The van der Waals surface area contributed by atoms with Crippen molar-refractivity contribution in [2.75, 3.05) is 33.1 Å². The second-order valence-electron chi connectivity index (χ2n) is 5.89. The Hall–Kier alpha value is -2.67. The first-order valence-electron chi connectivity index (χ1n) is 7.80. The van der Waals surface area contributed by atoms with E-state index in [-0.39, 0.29) is 6.04 Å². The number of aryl methyl sites for hydroxylation is 1. The van der Waals surface area contributed by atoms with Gasteiger partial charge in [-0.05, 0) is 38.7 Å². The molecule has 0 unspecified atom stereocenters. The average molecular weight is 326 g/mol. The molecule has 2 heterocycles. The standard InChI is InChI=1S/C17H22N6O/c1-12-9-16(23-17(21-12)19-11-20-23)18-10-15(22(2)3)13-5-7-14(24-4)8-6-13/h5-9,11,15,18H,10H2,1-4H3/t15-/m0/s1. The maximum absolute atomic E-state index is 5.24. The second-order valence-corrected chi connectivity index (χ2v) is 5.89. The fourth-order valence-corrected chi connectivity index (χ4v) is 2.68. The number of methoxy groups -OCH3 is 1. The number of nitrogens with one attached hydrogen (secondary N) is 1. The molecule has 1 aromatic carbocycles. The molecule has 2 aromatic heterocycles. The molecule has 7 nitrogen and oxygen atoms in total. The van der Waals surface area contributed by atoms with Crippen LogP contribution in [0.2, 0.25) is 0 Å². The van der Waals surface area contributed by atoms with Crippen molar-refractivity contribution in [2.24, 2.45) is 0 Å². The first-order chi connectivity index (χ1) is 11.6. The van der Waals surface area contributed by atoms with Crippen molar-refractivity contribution in [2.45, 2.75) is 13.0 Å². The molecule has 0 aliphatic carbocycles. The van der Waals surface area contributed by atoms with Crippen molar-refractivity contribution in [3.8, 4) is 5.75 Å². The number of benzene rings is 1. The first-order valence-corrected chi connectivity index (χ1v) is 7.80. The third-order valence-electron chi connectivity index (χ3n) is 3.98. The fourth-order valence-electron chi connectivity index (χ4n) is 2.68. The zero-order valence-electron chi connectivity index (χ0n) is 14.4. The van der Waals surface area contributed by atoms with Crippen LogP contribution in [0.4, 0.5) is 5.82 Å². The van der Waals surface area contributed by atoms with Gasteiger partial charge in [0.05, 0.1) is 13.2 Å². The Bertz CT molecular complexity index is 812. The van der Waals surface area contributed by atoms with E-state index in [9.17, 15) is 0 Å². The van der Waals surface area contributed by atoms with Gasteiger partial charge in [0, 0.05) is 18.3 Å². The smallest absolute Gasteiger partial charge is 0.254 e. The molecule has 0 aliphatic heterocycles. The van der Waals surface area contributed by atoms with Crippen LogP contribution in [0.1, 0.15) is 17.3 Å². The summed E-state index contributed by atoms with van der Waals surface area (Å²) in [5, 5.41) is 7.70. The van der Waals surface area contributed by atoms with E-state index in [1.165, 1.54) is 11.9 Å². The molecular weight excluding hydrogens is 304 g/mol. The summed E-state index contributed by atoms with van der Waals surface area (Å²) in [6, 6.07) is 10.3. The van der Waals surface area contributed by atoms with Gasteiger partial charge in [-0.15, -0.1) is 0 Å². The van der Waals surface area contributed by atoms with Gasteiger partial charge < -0.3 is 15.0 Å². The summed E-state index contributed by atoms with van der Waals surface area (Å²) >= 11 is 0. The Morgan fingerprint density at radius 2 is 2.00 bits per heavy atom. The summed E-state index contributed by atoms with van der Waals surface area (Å²) in [6.45, 7) is 2.69. The number of rotatable bonds is 6. The molecule has 24 heavy (non-hydrogen) atoms. The largest absolute Gasteiger partial charge is 0.497 e. The normalized spacial score (nSPS) is 12.5. The van der Waals surface area contributed by atoms with Gasteiger partial charge in [0.25, 0.3) is 5.78 Å². The highest BCUT2D eigenvalue weighted by molar-refractivity contribution is 5.45. The van der Waals surface area contributed by atoms with Gasteiger partial charge in [0.2, 0.25) is 0 Å². The Morgan fingerprint density at radius 1 is 1.25 bits per heavy atom. The van der Waals surface area contributed by atoms with Crippen LogP contribution in [0.25, 0.3) is 5.78 Å². The van der Waals surface area contributed by atoms with Gasteiger partial charge >= 0.3 is 0 Å². The van der Waals surface area contributed by atoms with Crippen LogP contribution in [-0.4, -0.2) is 52.2 Å². The summed E-state index contributed by atoms with van der Waals surface area (Å²) < 4.78 is 6.95. The van der Waals surface area contributed by atoms with Crippen molar-refractivity contribution >= 4 is 11.6 Å². The van der Waals surface area contributed by atoms with E-state index in [1.54, 1.807) is 11.6 Å². The molecule has 0 saturated carbocycles. The summed E-state index contributed by atoms with van der Waals surface area (Å²) in [5.74, 6) is 2.34. The van der Waals surface area contributed by atoms with Gasteiger partial charge in [-0.25, -0.2) is 4.98 Å². The predicted octanol–water partition coefficient (Wildman–Crippen LogP) is 2.16. The number of hydrogen-bond acceptors (Lipinski definition) is 6. The van der Waals surface area contributed by atoms with E-state index < -0.39 is 0 Å². The molecule has 1 atom stereocenters. The molecule has 1 N–H and O–H groups in total. The minimum absolute atomic E-state index is 0.211. The molecule has 0 amide bonds. The lowest BCUT2D eigenvalue weighted by Crippen LogP contribution is -2.27. The average Bonchev–Trinajstić information content (AvgIpc) is 3.03. The molecule has 0 radical (unpaired) electrons. The number of anilines is 1. The van der Waals surface area contributed by atoms with Crippen LogP contribution in [0.5, 0.6) is 5.75 Å². The third kappa shape index (κ3) is 3.30. The Morgan fingerprint density at radius 3 is 2.67 bits per heavy atom. The SMILES string of the molecule is COc1ccc([C@H](CNc2cc(C)nc3ncnn23)N(C)C)cc1. The van der Waals surface area contributed by atoms with Crippen molar-refractivity contribution in [3.05, 3.63) is 47.9 Å². The predicted molar refractivity (Wildman–Crippen MR) is 93.4 cm³/mol. The van der Waals surface area contributed by atoms with Crippen LogP contribution in [0.3, 0.4) is 0 Å². The van der Waals surface area contributed by atoms with Crippen LogP contribution < -0.4 is 10.1 Å². The topological polar surface area (TPSA) is 67.6 Å². The minimum atomic E-state index is 0.211. The quantitative estimate of drug-likeness (QED) is 0.749. The minimum Gasteiger partial charge on any atom is -0.497 e. The second kappa shape index (κ2) is 6.84. The maximum atomic E-state index is 5.24. The van der Waals surface area contributed by atoms with E-state index in [0.717, 1.165) is 23.8 Å². The Kier molecular flexibility index (Phi) is 4.61. The molecule has 0 fully saturated rings.